The molecule has 1 aromatic rings. The SMILES string of the molecule is CC(=O)C1CCCN(Cc2cc(F)cc(F)c2)C1. The highest BCUT2D eigenvalue weighted by molar-refractivity contribution is 5.78. The van der Waals surface area contributed by atoms with Crippen LogP contribution in [-0.2, 0) is 11.3 Å². The first-order valence-electron chi connectivity index (χ1n) is 6.22. The van der Waals surface area contributed by atoms with Crippen molar-refractivity contribution in [2.45, 2.75) is 26.3 Å². The number of benzene rings is 1. The van der Waals surface area contributed by atoms with Gasteiger partial charge in [0, 0.05) is 25.1 Å². The van der Waals surface area contributed by atoms with Crippen LogP contribution in [0.25, 0.3) is 0 Å². The van der Waals surface area contributed by atoms with Gasteiger partial charge in [-0.1, -0.05) is 0 Å². The number of hydrogen-bond donors (Lipinski definition) is 0. The zero-order chi connectivity index (χ0) is 13.1. The molecule has 18 heavy (non-hydrogen) atoms. The number of piperidine rings is 1. The van der Waals surface area contributed by atoms with Crippen molar-refractivity contribution in [3.05, 3.63) is 35.4 Å². The van der Waals surface area contributed by atoms with Crippen molar-refractivity contribution in [1.29, 1.82) is 0 Å². The molecule has 0 aromatic heterocycles. The van der Waals surface area contributed by atoms with Crippen LogP contribution in [0.5, 0.6) is 0 Å². The van der Waals surface area contributed by atoms with Gasteiger partial charge in [-0.05, 0) is 44.0 Å². The molecule has 0 saturated carbocycles. The van der Waals surface area contributed by atoms with Gasteiger partial charge in [-0.25, -0.2) is 8.78 Å². The average molecular weight is 253 g/mol. The molecule has 4 heteroatoms. The Morgan fingerprint density at radius 3 is 2.61 bits per heavy atom. The number of carbonyl (C=O) groups excluding carboxylic acids is 1. The van der Waals surface area contributed by atoms with E-state index in [2.05, 4.69) is 4.90 Å². The Hall–Kier alpha value is -1.29. The monoisotopic (exact) mass is 253 g/mol. The first-order valence-corrected chi connectivity index (χ1v) is 6.22. The quantitative estimate of drug-likeness (QED) is 0.825. The van der Waals surface area contributed by atoms with E-state index >= 15 is 0 Å². The van der Waals surface area contributed by atoms with E-state index in [1.165, 1.54) is 12.1 Å². The number of ketones is 1. The smallest absolute Gasteiger partial charge is 0.134 e. The Bertz CT molecular complexity index is 427. The molecule has 0 spiro atoms. The van der Waals surface area contributed by atoms with Gasteiger partial charge in [-0.15, -0.1) is 0 Å². The maximum absolute atomic E-state index is 13.1. The lowest BCUT2D eigenvalue weighted by molar-refractivity contribution is -0.122. The fraction of sp³-hybridized carbons (Fsp3) is 0.500. The summed E-state index contributed by atoms with van der Waals surface area (Å²) in [6, 6.07) is 3.57. The molecule has 1 saturated heterocycles. The highest BCUT2D eigenvalue weighted by Gasteiger charge is 2.23. The lowest BCUT2D eigenvalue weighted by atomic mass is 9.94. The van der Waals surface area contributed by atoms with Crippen LogP contribution in [0.3, 0.4) is 0 Å². The lowest BCUT2D eigenvalue weighted by Crippen LogP contribution is -2.37. The second-order valence-electron chi connectivity index (χ2n) is 4.96. The summed E-state index contributed by atoms with van der Waals surface area (Å²) in [6.07, 6.45) is 1.88. The summed E-state index contributed by atoms with van der Waals surface area (Å²) >= 11 is 0. The molecule has 1 aliphatic heterocycles. The molecule has 0 radical (unpaired) electrons. The van der Waals surface area contributed by atoms with Crippen LogP contribution in [0.2, 0.25) is 0 Å². The molecule has 1 aromatic carbocycles. The fourth-order valence-electron chi connectivity index (χ4n) is 2.49. The molecule has 98 valence electrons. The van der Waals surface area contributed by atoms with Crippen LogP contribution in [0, 0.1) is 17.6 Å². The van der Waals surface area contributed by atoms with Crippen molar-refractivity contribution in [1.82, 2.24) is 4.90 Å². The minimum Gasteiger partial charge on any atom is -0.300 e. The Morgan fingerprint density at radius 1 is 1.33 bits per heavy atom. The number of Topliss-reactive ketones (excluding diaryl/α,β-unsaturated/α-hetero) is 1. The van der Waals surface area contributed by atoms with Gasteiger partial charge in [0.2, 0.25) is 0 Å². The Kier molecular flexibility index (Phi) is 4.07. The van der Waals surface area contributed by atoms with Crippen molar-refractivity contribution in [3.63, 3.8) is 0 Å². The number of rotatable bonds is 3. The van der Waals surface area contributed by atoms with E-state index in [-0.39, 0.29) is 11.7 Å². The highest BCUT2D eigenvalue weighted by Crippen LogP contribution is 2.20. The molecule has 1 atom stereocenters. The first kappa shape index (κ1) is 13.1. The standard InChI is InChI=1S/C14H17F2NO/c1-10(18)12-3-2-4-17(9-12)8-11-5-13(15)7-14(16)6-11/h5-7,12H,2-4,8-9H2,1H3. The zero-order valence-corrected chi connectivity index (χ0v) is 10.5. The van der Waals surface area contributed by atoms with Crippen LogP contribution in [0.15, 0.2) is 18.2 Å². The van der Waals surface area contributed by atoms with Crippen molar-refractivity contribution < 1.29 is 13.6 Å². The highest BCUT2D eigenvalue weighted by atomic mass is 19.1. The molecule has 1 fully saturated rings. The van der Waals surface area contributed by atoms with E-state index in [1.54, 1.807) is 6.92 Å². The topological polar surface area (TPSA) is 20.3 Å². The van der Waals surface area contributed by atoms with Crippen molar-refractivity contribution in [2.24, 2.45) is 5.92 Å². The van der Waals surface area contributed by atoms with E-state index in [9.17, 15) is 13.6 Å². The molecule has 1 aliphatic rings. The van der Waals surface area contributed by atoms with E-state index in [1.807, 2.05) is 0 Å². The van der Waals surface area contributed by atoms with Gasteiger partial charge in [-0.3, -0.25) is 9.69 Å². The molecular weight excluding hydrogens is 236 g/mol. The van der Waals surface area contributed by atoms with Gasteiger partial charge in [-0.2, -0.15) is 0 Å². The van der Waals surface area contributed by atoms with Crippen LogP contribution < -0.4 is 0 Å². The number of nitrogens with zero attached hydrogens (tertiary/aromatic N) is 1. The van der Waals surface area contributed by atoms with Crippen LogP contribution in [-0.4, -0.2) is 23.8 Å². The largest absolute Gasteiger partial charge is 0.300 e. The summed E-state index contributed by atoms with van der Waals surface area (Å²) in [5.74, 6) is -0.836. The minimum absolute atomic E-state index is 0.0668. The molecule has 1 heterocycles. The summed E-state index contributed by atoms with van der Waals surface area (Å²) in [6.45, 7) is 3.67. The Balaban J connectivity index is 2.02. The van der Waals surface area contributed by atoms with Gasteiger partial charge in [0.25, 0.3) is 0 Å². The van der Waals surface area contributed by atoms with E-state index in [0.717, 1.165) is 25.5 Å². The predicted molar refractivity (Wildman–Crippen MR) is 65.0 cm³/mol. The molecule has 0 amide bonds. The van der Waals surface area contributed by atoms with Crippen LogP contribution >= 0.6 is 0 Å². The normalized spacial score (nSPS) is 20.9. The number of hydrogen-bond acceptors (Lipinski definition) is 2. The summed E-state index contributed by atoms with van der Waals surface area (Å²) in [4.78, 5) is 13.4. The van der Waals surface area contributed by atoms with Crippen LogP contribution in [0.4, 0.5) is 8.78 Å². The van der Waals surface area contributed by atoms with Crippen molar-refractivity contribution in [3.8, 4) is 0 Å². The van der Waals surface area contributed by atoms with Crippen molar-refractivity contribution in [2.75, 3.05) is 13.1 Å². The van der Waals surface area contributed by atoms with Gasteiger partial charge >= 0.3 is 0 Å². The summed E-state index contributed by atoms with van der Waals surface area (Å²) in [5.41, 5.74) is 0.622. The summed E-state index contributed by atoms with van der Waals surface area (Å²) < 4.78 is 26.1. The molecule has 2 nitrogen and oxygen atoms in total. The molecule has 1 unspecified atom stereocenters. The van der Waals surface area contributed by atoms with E-state index in [4.69, 9.17) is 0 Å². The van der Waals surface area contributed by atoms with Crippen LogP contribution in [0.1, 0.15) is 25.3 Å². The predicted octanol–water partition coefficient (Wildman–Crippen LogP) is 2.77. The average Bonchev–Trinajstić information content (AvgIpc) is 2.27. The fourth-order valence-corrected chi connectivity index (χ4v) is 2.49. The number of likely N-dealkylation sites (tertiary alicyclic amines) is 1. The summed E-state index contributed by atoms with van der Waals surface area (Å²) in [5, 5.41) is 0. The second-order valence-corrected chi connectivity index (χ2v) is 4.96. The lowest BCUT2D eigenvalue weighted by Gasteiger charge is -2.31. The molecule has 0 bridgehead atoms. The maximum Gasteiger partial charge on any atom is 0.134 e. The third-order valence-electron chi connectivity index (χ3n) is 3.41. The Morgan fingerprint density at radius 2 is 2.00 bits per heavy atom. The zero-order valence-electron chi connectivity index (χ0n) is 10.5. The molecular formula is C14H17F2NO. The minimum atomic E-state index is -0.551. The third-order valence-corrected chi connectivity index (χ3v) is 3.41. The van der Waals surface area contributed by atoms with Gasteiger partial charge in [0.1, 0.15) is 17.4 Å². The molecule has 0 N–H and O–H groups in total. The second kappa shape index (κ2) is 5.57. The molecule has 0 aliphatic carbocycles. The summed E-state index contributed by atoms with van der Waals surface area (Å²) in [7, 11) is 0. The van der Waals surface area contributed by atoms with Gasteiger partial charge in [0.15, 0.2) is 0 Å². The maximum atomic E-state index is 13.1. The van der Waals surface area contributed by atoms with Crippen molar-refractivity contribution >= 4 is 5.78 Å². The molecule has 2 rings (SSSR count). The first-order chi connectivity index (χ1) is 8.54. The number of carbonyl (C=O) groups is 1. The van der Waals surface area contributed by atoms with E-state index in [0.29, 0.717) is 18.7 Å². The van der Waals surface area contributed by atoms with Gasteiger partial charge < -0.3 is 0 Å². The third kappa shape index (κ3) is 3.35. The van der Waals surface area contributed by atoms with E-state index < -0.39 is 11.6 Å². The van der Waals surface area contributed by atoms with Gasteiger partial charge in [0.05, 0.1) is 0 Å². The number of halogens is 2. The Labute approximate surface area is 106 Å².